The third kappa shape index (κ3) is 4.32. The van der Waals surface area contributed by atoms with Crippen LogP contribution < -0.4 is 4.90 Å². The Labute approximate surface area is 265 Å². The number of rotatable bonds is 5. The van der Waals surface area contributed by atoms with Crippen molar-refractivity contribution < 1.29 is 4.42 Å². The molecule has 212 valence electrons. The molecule has 9 rings (SSSR count). The molecule has 2 heterocycles. The molecule has 3 heteroatoms. The summed E-state index contributed by atoms with van der Waals surface area (Å²) in [7, 11) is 0. The monoisotopic (exact) mass is 593 g/mol. The molecule has 9 aromatic rings. The first-order valence-corrected chi connectivity index (χ1v) is 16.0. The van der Waals surface area contributed by atoms with Crippen molar-refractivity contribution in [2.24, 2.45) is 0 Å². The molecule has 0 atom stereocenters. The fraction of sp³-hybridized carbons (Fsp3) is 0. The Hall–Kier alpha value is -5.64. The maximum absolute atomic E-state index is 6.57. The molecular formula is C42H27NOS. The smallest absolute Gasteiger partial charge is 0.144 e. The summed E-state index contributed by atoms with van der Waals surface area (Å²) in [5.41, 5.74) is 10.1. The van der Waals surface area contributed by atoms with E-state index in [1.165, 1.54) is 42.4 Å². The molecule has 0 radical (unpaired) electrons. The highest BCUT2D eigenvalue weighted by Crippen LogP contribution is 2.49. The molecule has 0 aliphatic rings. The number of anilines is 3. The van der Waals surface area contributed by atoms with Crippen LogP contribution in [0.4, 0.5) is 17.1 Å². The van der Waals surface area contributed by atoms with Gasteiger partial charge >= 0.3 is 0 Å². The molecule has 0 amide bonds. The van der Waals surface area contributed by atoms with Gasteiger partial charge in [0, 0.05) is 37.6 Å². The van der Waals surface area contributed by atoms with Crippen LogP contribution in [0.25, 0.3) is 64.4 Å². The number of nitrogens with zero attached hydrogens (tertiary/aromatic N) is 1. The Morgan fingerprint density at radius 3 is 1.82 bits per heavy atom. The van der Waals surface area contributed by atoms with Gasteiger partial charge in [0.25, 0.3) is 0 Å². The van der Waals surface area contributed by atoms with E-state index in [0.29, 0.717) is 0 Å². The van der Waals surface area contributed by atoms with Gasteiger partial charge in [-0.15, -0.1) is 11.3 Å². The maximum Gasteiger partial charge on any atom is 0.144 e. The van der Waals surface area contributed by atoms with E-state index in [1.807, 2.05) is 17.4 Å². The van der Waals surface area contributed by atoms with Crippen molar-refractivity contribution in [1.29, 1.82) is 0 Å². The molecule has 45 heavy (non-hydrogen) atoms. The zero-order valence-corrected chi connectivity index (χ0v) is 25.2. The third-order valence-electron chi connectivity index (χ3n) is 8.65. The molecule has 0 aliphatic carbocycles. The molecule has 0 N–H and O–H groups in total. The van der Waals surface area contributed by atoms with Gasteiger partial charge in [-0.25, -0.2) is 0 Å². The van der Waals surface area contributed by atoms with Gasteiger partial charge in [0.2, 0.25) is 0 Å². The van der Waals surface area contributed by atoms with E-state index in [2.05, 4.69) is 163 Å². The maximum atomic E-state index is 6.57. The molecule has 0 unspecified atom stereocenters. The van der Waals surface area contributed by atoms with E-state index in [1.54, 1.807) is 0 Å². The first kappa shape index (κ1) is 25.8. The lowest BCUT2D eigenvalue weighted by molar-refractivity contribution is 0.673. The van der Waals surface area contributed by atoms with Crippen molar-refractivity contribution in [3.05, 3.63) is 164 Å². The van der Waals surface area contributed by atoms with E-state index in [-0.39, 0.29) is 0 Å². The molecule has 0 aliphatic heterocycles. The predicted molar refractivity (Wildman–Crippen MR) is 192 cm³/mol. The standard InChI is InChI=1S/C42H27NOS/c1-3-12-28(13-4-1)30-14-11-15-31(26-30)29-22-24-33(25-23-29)43(32-16-5-2-6-17-32)37-27-36-34-18-7-9-20-38(34)44-41(36)40-35-19-8-10-21-39(35)45-42(37)40/h1-27H. The van der Waals surface area contributed by atoms with E-state index >= 15 is 0 Å². The van der Waals surface area contributed by atoms with Crippen molar-refractivity contribution in [3.8, 4) is 22.3 Å². The number of thiophene rings is 1. The highest BCUT2D eigenvalue weighted by Gasteiger charge is 2.23. The molecule has 0 spiro atoms. The van der Waals surface area contributed by atoms with Crippen LogP contribution in [-0.4, -0.2) is 0 Å². The van der Waals surface area contributed by atoms with Crippen LogP contribution in [0.1, 0.15) is 0 Å². The fourth-order valence-electron chi connectivity index (χ4n) is 6.53. The molecule has 0 fully saturated rings. The van der Waals surface area contributed by atoms with Crippen LogP contribution in [-0.2, 0) is 0 Å². The highest BCUT2D eigenvalue weighted by atomic mass is 32.1. The topological polar surface area (TPSA) is 16.4 Å². The van der Waals surface area contributed by atoms with Gasteiger partial charge in [-0.2, -0.15) is 0 Å². The lowest BCUT2D eigenvalue weighted by Crippen LogP contribution is -2.10. The summed E-state index contributed by atoms with van der Waals surface area (Å²) in [5.74, 6) is 0. The lowest BCUT2D eigenvalue weighted by Gasteiger charge is -2.26. The molecule has 0 bridgehead atoms. The first-order chi connectivity index (χ1) is 22.3. The van der Waals surface area contributed by atoms with Crippen LogP contribution in [0.15, 0.2) is 168 Å². The van der Waals surface area contributed by atoms with E-state index in [4.69, 9.17) is 4.42 Å². The van der Waals surface area contributed by atoms with Gasteiger partial charge in [-0.05, 0) is 70.8 Å². The number of fused-ring (bicyclic) bond motifs is 7. The first-order valence-electron chi connectivity index (χ1n) is 15.2. The number of hydrogen-bond donors (Lipinski definition) is 0. The molecule has 2 aromatic heterocycles. The molecule has 0 saturated carbocycles. The highest BCUT2D eigenvalue weighted by molar-refractivity contribution is 7.26. The van der Waals surface area contributed by atoms with Crippen molar-refractivity contribution >= 4 is 70.5 Å². The van der Waals surface area contributed by atoms with Crippen LogP contribution in [0.2, 0.25) is 0 Å². The van der Waals surface area contributed by atoms with Crippen LogP contribution in [0.3, 0.4) is 0 Å². The van der Waals surface area contributed by atoms with Gasteiger partial charge in [0.1, 0.15) is 11.2 Å². The minimum Gasteiger partial charge on any atom is -0.455 e. The van der Waals surface area contributed by atoms with Gasteiger partial charge < -0.3 is 9.32 Å². The quantitative estimate of drug-likeness (QED) is 0.197. The van der Waals surface area contributed by atoms with Gasteiger partial charge in [-0.3, -0.25) is 0 Å². The zero-order valence-electron chi connectivity index (χ0n) is 24.4. The second-order valence-electron chi connectivity index (χ2n) is 11.3. The third-order valence-corrected chi connectivity index (χ3v) is 9.85. The summed E-state index contributed by atoms with van der Waals surface area (Å²) >= 11 is 1.83. The minimum absolute atomic E-state index is 0.912. The van der Waals surface area contributed by atoms with Crippen LogP contribution >= 0.6 is 11.3 Å². The second-order valence-corrected chi connectivity index (χ2v) is 12.4. The van der Waals surface area contributed by atoms with Crippen molar-refractivity contribution in [2.75, 3.05) is 4.90 Å². The summed E-state index contributed by atoms with van der Waals surface area (Å²) in [6.45, 7) is 0. The number of para-hydroxylation sites is 2. The molecule has 2 nitrogen and oxygen atoms in total. The Morgan fingerprint density at radius 1 is 0.444 bits per heavy atom. The van der Waals surface area contributed by atoms with E-state index in [0.717, 1.165) is 39.0 Å². The number of benzene rings is 7. The van der Waals surface area contributed by atoms with Gasteiger partial charge in [-0.1, -0.05) is 115 Å². The van der Waals surface area contributed by atoms with Crippen LogP contribution in [0, 0.1) is 0 Å². The largest absolute Gasteiger partial charge is 0.455 e. The molecule has 7 aromatic carbocycles. The number of hydrogen-bond acceptors (Lipinski definition) is 3. The van der Waals surface area contributed by atoms with E-state index in [9.17, 15) is 0 Å². The Bertz CT molecular complexity index is 2470. The van der Waals surface area contributed by atoms with E-state index < -0.39 is 0 Å². The average Bonchev–Trinajstić information content (AvgIpc) is 3.69. The Morgan fingerprint density at radius 2 is 1.04 bits per heavy atom. The summed E-state index contributed by atoms with van der Waals surface area (Å²) in [6, 6.07) is 58.3. The normalized spacial score (nSPS) is 11.6. The number of furan rings is 1. The van der Waals surface area contributed by atoms with Crippen LogP contribution in [0.5, 0.6) is 0 Å². The molecule has 0 saturated heterocycles. The fourth-order valence-corrected chi connectivity index (χ4v) is 7.74. The Kier molecular flexibility index (Phi) is 6.03. The van der Waals surface area contributed by atoms with Gasteiger partial charge in [0.05, 0.1) is 10.4 Å². The molecular weight excluding hydrogens is 567 g/mol. The predicted octanol–water partition coefficient (Wildman–Crippen LogP) is 12.8. The lowest BCUT2D eigenvalue weighted by atomic mass is 9.99. The van der Waals surface area contributed by atoms with Crippen molar-refractivity contribution in [2.45, 2.75) is 0 Å². The van der Waals surface area contributed by atoms with Crippen molar-refractivity contribution in [3.63, 3.8) is 0 Å². The Balaban J connectivity index is 1.25. The van der Waals surface area contributed by atoms with Gasteiger partial charge in [0.15, 0.2) is 0 Å². The minimum atomic E-state index is 0.912. The van der Waals surface area contributed by atoms with Crippen molar-refractivity contribution in [1.82, 2.24) is 0 Å². The summed E-state index contributed by atoms with van der Waals surface area (Å²) in [4.78, 5) is 2.39. The summed E-state index contributed by atoms with van der Waals surface area (Å²) < 4.78 is 9.04. The summed E-state index contributed by atoms with van der Waals surface area (Å²) in [6.07, 6.45) is 0. The SMILES string of the molecule is c1ccc(-c2cccc(-c3ccc(N(c4ccccc4)c4cc5c6ccccc6oc5c5c4sc4ccccc45)cc3)c2)cc1. The second kappa shape index (κ2) is 10.5. The zero-order chi connectivity index (χ0) is 29.7. The summed E-state index contributed by atoms with van der Waals surface area (Å²) in [5, 5.41) is 4.67. The average molecular weight is 594 g/mol.